The van der Waals surface area contributed by atoms with E-state index in [4.69, 9.17) is 9.72 Å². The Labute approximate surface area is 224 Å². The lowest BCUT2D eigenvalue weighted by atomic mass is 9.99. The SMILES string of the molecule is O=c1c(-c2ccc3c(c2)CCCO3)c(Nc2ccccn2)nc2c(-c3ccccc3)c(-c3ccccc3)[nH]n12. The van der Waals surface area contributed by atoms with Gasteiger partial charge in [0.2, 0.25) is 0 Å². The van der Waals surface area contributed by atoms with E-state index in [-0.39, 0.29) is 5.56 Å². The maximum absolute atomic E-state index is 14.3. The molecule has 1 aliphatic rings. The zero-order chi connectivity index (χ0) is 26.2. The number of ether oxygens (including phenoxy) is 1. The molecule has 190 valence electrons. The molecule has 4 heterocycles. The highest BCUT2D eigenvalue weighted by molar-refractivity contribution is 5.92. The Morgan fingerprint density at radius 2 is 1.59 bits per heavy atom. The van der Waals surface area contributed by atoms with Crippen LogP contribution in [-0.2, 0) is 6.42 Å². The number of rotatable bonds is 5. The second-order valence-electron chi connectivity index (χ2n) is 9.51. The lowest BCUT2D eigenvalue weighted by Crippen LogP contribution is -2.20. The van der Waals surface area contributed by atoms with E-state index in [0.29, 0.717) is 29.5 Å². The molecule has 0 amide bonds. The summed E-state index contributed by atoms with van der Waals surface area (Å²) in [5.41, 5.74) is 6.28. The van der Waals surface area contributed by atoms with Gasteiger partial charge in [0.15, 0.2) is 5.65 Å². The van der Waals surface area contributed by atoms with Gasteiger partial charge < -0.3 is 10.1 Å². The molecule has 7 rings (SSSR count). The minimum absolute atomic E-state index is 0.200. The van der Waals surface area contributed by atoms with Crippen LogP contribution in [0.2, 0.25) is 0 Å². The number of anilines is 2. The molecule has 0 spiro atoms. The van der Waals surface area contributed by atoms with Crippen molar-refractivity contribution in [1.29, 1.82) is 0 Å². The zero-order valence-electron chi connectivity index (χ0n) is 21.1. The second kappa shape index (κ2) is 9.61. The molecule has 0 bridgehead atoms. The number of hydrogen-bond acceptors (Lipinski definition) is 5. The molecule has 0 radical (unpaired) electrons. The van der Waals surface area contributed by atoms with E-state index >= 15 is 0 Å². The molecule has 7 heteroatoms. The Morgan fingerprint density at radius 1 is 0.821 bits per heavy atom. The molecule has 0 saturated heterocycles. The number of aromatic nitrogens is 4. The summed E-state index contributed by atoms with van der Waals surface area (Å²) in [4.78, 5) is 23.9. The number of H-pyrrole nitrogens is 1. The Bertz CT molecular complexity index is 1850. The van der Waals surface area contributed by atoms with Crippen LogP contribution in [0.1, 0.15) is 12.0 Å². The lowest BCUT2D eigenvalue weighted by Gasteiger charge is -2.18. The van der Waals surface area contributed by atoms with Gasteiger partial charge in [0.1, 0.15) is 17.4 Å². The van der Waals surface area contributed by atoms with Crippen LogP contribution >= 0.6 is 0 Å². The first kappa shape index (κ1) is 23.0. The van der Waals surface area contributed by atoms with Crippen molar-refractivity contribution in [3.05, 3.63) is 119 Å². The Balaban J connectivity index is 1.53. The van der Waals surface area contributed by atoms with Gasteiger partial charge in [-0.05, 0) is 53.8 Å². The average Bonchev–Trinajstić information content (AvgIpc) is 3.38. The summed E-state index contributed by atoms with van der Waals surface area (Å²) in [6.07, 6.45) is 3.56. The third kappa shape index (κ3) is 4.14. The molecule has 0 saturated carbocycles. The van der Waals surface area contributed by atoms with Crippen LogP contribution < -0.4 is 15.6 Å². The number of aromatic amines is 1. The first-order chi connectivity index (χ1) is 19.3. The fraction of sp³-hybridized carbons (Fsp3) is 0.0938. The van der Waals surface area contributed by atoms with Crippen molar-refractivity contribution < 1.29 is 4.74 Å². The minimum Gasteiger partial charge on any atom is -0.493 e. The molecular weight excluding hydrogens is 486 g/mol. The summed E-state index contributed by atoms with van der Waals surface area (Å²) in [5, 5.41) is 6.72. The summed E-state index contributed by atoms with van der Waals surface area (Å²) in [6.45, 7) is 0.710. The van der Waals surface area contributed by atoms with Crippen LogP contribution in [0.4, 0.5) is 11.6 Å². The van der Waals surface area contributed by atoms with Crippen molar-refractivity contribution in [2.75, 3.05) is 11.9 Å². The minimum atomic E-state index is -0.200. The molecule has 1 aliphatic heterocycles. The zero-order valence-corrected chi connectivity index (χ0v) is 21.1. The number of nitrogens with zero attached hydrogens (tertiary/aromatic N) is 3. The third-order valence-corrected chi connectivity index (χ3v) is 7.01. The molecule has 3 aromatic carbocycles. The van der Waals surface area contributed by atoms with Crippen molar-refractivity contribution in [3.63, 3.8) is 0 Å². The van der Waals surface area contributed by atoms with E-state index in [1.807, 2.05) is 97.1 Å². The van der Waals surface area contributed by atoms with Gasteiger partial charge in [-0.25, -0.2) is 9.97 Å². The molecular formula is C32H25N5O2. The average molecular weight is 512 g/mol. The van der Waals surface area contributed by atoms with E-state index in [2.05, 4.69) is 15.4 Å². The Kier molecular flexibility index (Phi) is 5.66. The summed E-state index contributed by atoms with van der Waals surface area (Å²) in [6, 6.07) is 31.6. The van der Waals surface area contributed by atoms with Crippen LogP contribution in [0.3, 0.4) is 0 Å². The monoisotopic (exact) mass is 511 g/mol. The van der Waals surface area contributed by atoms with Crippen LogP contribution in [0, 0.1) is 0 Å². The van der Waals surface area contributed by atoms with Gasteiger partial charge in [-0.2, -0.15) is 4.52 Å². The van der Waals surface area contributed by atoms with Crippen molar-refractivity contribution in [2.45, 2.75) is 12.8 Å². The number of fused-ring (bicyclic) bond motifs is 2. The fourth-order valence-electron chi connectivity index (χ4n) is 5.19. The Hall–Kier alpha value is -5.17. The van der Waals surface area contributed by atoms with Crippen molar-refractivity contribution in [3.8, 4) is 39.3 Å². The summed E-state index contributed by atoms with van der Waals surface area (Å²) >= 11 is 0. The molecule has 6 aromatic rings. The number of aryl methyl sites for hydroxylation is 1. The van der Waals surface area contributed by atoms with Gasteiger partial charge >= 0.3 is 0 Å². The van der Waals surface area contributed by atoms with Crippen LogP contribution in [0.15, 0.2) is 108 Å². The first-order valence-electron chi connectivity index (χ1n) is 13.0. The van der Waals surface area contributed by atoms with Crippen LogP contribution in [0.5, 0.6) is 5.75 Å². The largest absolute Gasteiger partial charge is 0.493 e. The predicted molar refractivity (Wildman–Crippen MR) is 153 cm³/mol. The molecule has 2 N–H and O–H groups in total. The number of nitrogens with one attached hydrogen (secondary N) is 2. The number of pyridine rings is 1. The quantitative estimate of drug-likeness (QED) is 0.277. The van der Waals surface area contributed by atoms with Crippen molar-refractivity contribution in [1.82, 2.24) is 19.6 Å². The smallest absolute Gasteiger partial charge is 0.282 e. The van der Waals surface area contributed by atoms with Gasteiger partial charge in [-0.3, -0.25) is 9.89 Å². The van der Waals surface area contributed by atoms with Gasteiger partial charge in [0.25, 0.3) is 5.56 Å². The summed E-state index contributed by atoms with van der Waals surface area (Å²) in [7, 11) is 0. The van der Waals surface area contributed by atoms with Gasteiger partial charge in [-0.1, -0.05) is 72.8 Å². The predicted octanol–water partition coefficient (Wildman–Crippen LogP) is 6.49. The van der Waals surface area contributed by atoms with Crippen molar-refractivity contribution >= 4 is 17.3 Å². The molecule has 0 unspecified atom stereocenters. The maximum atomic E-state index is 14.3. The molecule has 39 heavy (non-hydrogen) atoms. The van der Waals surface area contributed by atoms with E-state index in [0.717, 1.165) is 52.1 Å². The maximum Gasteiger partial charge on any atom is 0.282 e. The number of benzene rings is 3. The molecule has 0 fully saturated rings. The molecule has 7 nitrogen and oxygen atoms in total. The lowest BCUT2D eigenvalue weighted by molar-refractivity contribution is 0.288. The highest BCUT2D eigenvalue weighted by atomic mass is 16.5. The van der Waals surface area contributed by atoms with Crippen LogP contribution in [0.25, 0.3) is 39.2 Å². The van der Waals surface area contributed by atoms with Crippen molar-refractivity contribution in [2.24, 2.45) is 0 Å². The van der Waals surface area contributed by atoms with Gasteiger partial charge in [0.05, 0.1) is 23.4 Å². The summed E-state index contributed by atoms with van der Waals surface area (Å²) in [5.74, 6) is 1.93. The molecule has 0 atom stereocenters. The highest BCUT2D eigenvalue weighted by Gasteiger charge is 2.24. The Morgan fingerprint density at radius 3 is 2.36 bits per heavy atom. The van der Waals surface area contributed by atoms with Gasteiger partial charge in [-0.15, -0.1) is 0 Å². The molecule has 0 aliphatic carbocycles. The fourth-order valence-corrected chi connectivity index (χ4v) is 5.19. The van der Waals surface area contributed by atoms with Crippen LogP contribution in [-0.4, -0.2) is 26.2 Å². The molecule has 3 aromatic heterocycles. The third-order valence-electron chi connectivity index (χ3n) is 7.01. The normalized spacial score (nSPS) is 12.6. The highest BCUT2D eigenvalue weighted by Crippen LogP contribution is 2.37. The van der Waals surface area contributed by atoms with E-state index in [9.17, 15) is 4.79 Å². The van der Waals surface area contributed by atoms with E-state index in [1.54, 1.807) is 10.7 Å². The topological polar surface area (TPSA) is 84.3 Å². The van der Waals surface area contributed by atoms with Gasteiger partial charge in [0, 0.05) is 11.8 Å². The standard InChI is InChI=1S/C32H25N5O2/c38-32-28(24-16-17-25-23(20-24)14-9-19-39-25)30(34-26-15-7-8-18-33-26)35-31-27(21-10-3-1-4-11-21)29(36-37(31)32)22-12-5-2-6-13-22/h1-8,10-13,15-18,20,36H,9,14,19H2,(H,33,34). The first-order valence-corrected chi connectivity index (χ1v) is 13.0. The number of hydrogen-bond donors (Lipinski definition) is 2. The second-order valence-corrected chi connectivity index (χ2v) is 9.51. The van der Waals surface area contributed by atoms with E-state index < -0.39 is 0 Å². The van der Waals surface area contributed by atoms with E-state index in [1.165, 1.54) is 0 Å². The summed E-state index contributed by atoms with van der Waals surface area (Å²) < 4.78 is 7.38.